The number of hydrogen-bond donors (Lipinski definition) is 1. The summed E-state index contributed by atoms with van der Waals surface area (Å²) < 4.78 is 0. The van der Waals surface area contributed by atoms with E-state index in [4.69, 9.17) is 0 Å². The van der Waals surface area contributed by atoms with E-state index in [2.05, 4.69) is 11.9 Å². The van der Waals surface area contributed by atoms with E-state index in [1.54, 1.807) is 11.8 Å². The van der Waals surface area contributed by atoms with Crippen molar-refractivity contribution in [1.82, 2.24) is 10.2 Å². The van der Waals surface area contributed by atoms with Crippen molar-refractivity contribution in [3.05, 3.63) is 12.2 Å². The molecule has 0 unspecified atom stereocenters. The number of amides is 1. The van der Waals surface area contributed by atoms with Gasteiger partial charge in [0.05, 0.1) is 0 Å². The van der Waals surface area contributed by atoms with Crippen molar-refractivity contribution < 1.29 is 4.79 Å². The van der Waals surface area contributed by atoms with E-state index in [-0.39, 0.29) is 5.91 Å². The smallest absolute Gasteiger partial charge is 0.248 e. The predicted octanol–water partition coefficient (Wildman–Crippen LogP) is 0.630. The Morgan fingerprint density at radius 2 is 2.17 bits per heavy atom. The molecule has 3 heteroatoms. The molecule has 0 aliphatic rings. The SMILES string of the molecule is C=C(C)C(=O)N(CC)CCNC. The van der Waals surface area contributed by atoms with Crippen LogP contribution in [0.3, 0.4) is 0 Å². The van der Waals surface area contributed by atoms with Crippen LogP contribution in [0.1, 0.15) is 13.8 Å². The van der Waals surface area contributed by atoms with E-state index in [1.165, 1.54) is 0 Å². The summed E-state index contributed by atoms with van der Waals surface area (Å²) in [6.07, 6.45) is 0. The van der Waals surface area contributed by atoms with Crippen molar-refractivity contribution in [3.8, 4) is 0 Å². The molecule has 1 amide bonds. The first-order valence-electron chi connectivity index (χ1n) is 4.22. The summed E-state index contributed by atoms with van der Waals surface area (Å²) in [5.74, 6) is 0.0488. The first-order valence-corrected chi connectivity index (χ1v) is 4.22. The second-order valence-corrected chi connectivity index (χ2v) is 2.77. The second kappa shape index (κ2) is 5.77. The van der Waals surface area contributed by atoms with Crippen molar-refractivity contribution in [1.29, 1.82) is 0 Å². The maximum Gasteiger partial charge on any atom is 0.248 e. The molecule has 70 valence electrons. The zero-order valence-corrected chi connectivity index (χ0v) is 8.18. The Kier molecular flexibility index (Phi) is 5.37. The van der Waals surface area contributed by atoms with E-state index in [1.807, 2.05) is 14.0 Å². The normalized spacial score (nSPS) is 9.58. The average molecular weight is 170 g/mol. The van der Waals surface area contributed by atoms with Crippen LogP contribution in [0.5, 0.6) is 0 Å². The highest BCUT2D eigenvalue weighted by atomic mass is 16.2. The van der Waals surface area contributed by atoms with Crippen LogP contribution in [0.4, 0.5) is 0 Å². The fraction of sp³-hybridized carbons (Fsp3) is 0.667. The third-order valence-electron chi connectivity index (χ3n) is 1.67. The molecule has 0 saturated carbocycles. The fourth-order valence-electron chi connectivity index (χ4n) is 0.920. The largest absolute Gasteiger partial charge is 0.338 e. The lowest BCUT2D eigenvalue weighted by atomic mass is 10.3. The summed E-state index contributed by atoms with van der Waals surface area (Å²) in [5.41, 5.74) is 0.605. The Morgan fingerprint density at radius 1 is 1.58 bits per heavy atom. The van der Waals surface area contributed by atoms with E-state index in [9.17, 15) is 4.79 Å². The maximum atomic E-state index is 11.4. The lowest BCUT2D eigenvalue weighted by Gasteiger charge is -2.20. The van der Waals surface area contributed by atoms with Gasteiger partial charge in [-0.05, 0) is 20.9 Å². The highest BCUT2D eigenvalue weighted by molar-refractivity contribution is 5.92. The zero-order chi connectivity index (χ0) is 9.56. The first kappa shape index (κ1) is 11.2. The molecule has 0 heterocycles. The van der Waals surface area contributed by atoms with Gasteiger partial charge in [-0.15, -0.1) is 0 Å². The molecule has 12 heavy (non-hydrogen) atoms. The van der Waals surface area contributed by atoms with Gasteiger partial charge in [-0.2, -0.15) is 0 Å². The van der Waals surface area contributed by atoms with Crippen LogP contribution in [0.25, 0.3) is 0 Å². The van der Waals surface area contributed by atoms with Crippen molar-refractivity contribution >= 4 is 5.91 Å². The molecule has 0 radical (unpaired) electrons. The number of nitrogens with zero attached hydrogens (tertiary/aromatic N) is 1. The highest BCUT2D eigenvalue weighted by Gasteiger charge is 2.10. The minimum atomic E-state index is 0.0488. The minimum absolute atomic E-state index is 0.0488. The van der Waals surface area contributed by atoms with E-state index >= 15 is 0 Å². The molecule has 0 rings (SSSR count). The molecule has 1 N–H and O–H groups in total. The van der Waals surface area contributed by atoms with Gasteiger partial charge in [0.25, 0.3) is 0 Å². The molecule has 0 spiro atoms. The van der Waals surface area contributed by atoms with Gasteiger partial charge in [0, 0.05) is 25.2 Å². The average Bonchev–Trinajstić information content (AvgIpc) is 2.05. The minimum Gasteiger partial charge on any atom is -0.338 e. The van der Waals surface area contributed by atoms with Crippen LogP contribution < -0.4 is 5.32 Å². The number of likely N-dealkylation sites (N-methyl/N-ethyl adjacent to an activating group) is 2. The Morgan fingerprint density at radius 3 is 2.50 bits per heavy atom. The molecule has 0 aromatic heterocycles. The Labute approximate surface area is 74.4 Å². The summed E-state index contributed by atoms with van der Waals surface area (Å²) in [5, 5.41) is 3.00. The summed E-state index contributed by atoms with van der Waals surface area (Å²) >= 11 is 0. The summed E-state index contributed by atoms with van der Waals surface area (Å²) in [6, 6.07) is 0. The van der Waals surface area contributed by atoms with E-state index < -0.39 is 0 Å². The number of hydrogen-bond acceptors (Lipinski definition) is 2. The van der Waals surface area contributed by atoms with Gasteiger partial charge in [0.2, 0.25) is 5.91 Å². The van der Waals surface area contributed by atoms with Crippen LogP contribution in [-0.2, 0) is 4.79 Å². The third-order valence-corrected chi connectivity index (χ3v) is 1.67. The highest BCUT2D eigenvalue weighted by Crippen LogP contribution is 1.97. The Balaban J connectivity index is 3.96. The van der Waals surface area contributed by atoms with Gasteiger partial charge < -0.3 is 10.2 Å². The molecule has 0 aliphatic carbocycles. The number of carbonyl (C=O) groups excluding carboxylic acids is 1. The first-order chi connectivity index (χ1) is 5.63. The molecule has 0 fully saturated rings. The number of rotatable bonds is 5. The van der Waals surface area contributed by atoms with Gasteiger partial charge in [0.1, 0.15) is 0 Å². The lowest BCUT2D eigenvalue weighted by molar-refractivity contribution is -0.126. The topological polar surface area (TPSA) is 32.3 Å². The standard InChI is InChI=1S/C9H18N2O/c1-5-11(7-6-10-4)9(12)8(2)3/h10H,2,5-7H2,1,3-4H3. The van der Waals surface area contributed by atoms with Crippen LogP contribution in [0, 0.1) is 0 Å². The van der Waals surface area contributed by atoms with Gasteiger partial charge in [0.15, 0.2) is 0 Å². The van der Waals surface area contributed by atoms with Crippen LogP contribution >= 0.6 is 0 Å². The number of carbonyl (C=O) groups is 1. The van der Waals surface area contributed by atoms with Crippen LogP contribution in [0.15, 0.2) is 12.2 Å². The molecular weight excluding hydrogens is 152 g/mol. The lowest BCUT2D eigenvalue weighted by Crippen LogP contribution is -2.36. The van der Waals surface area contributed by atoms with Crippen molar-refractivity contribution in [2.24, 2.45) is 0 Å². The molecule has 0 bridgehead atoms. The zero-order valence-electron chi connectivity index (χ0n) is 8.18. The van der Waals surface area contributed by atoms with Crippen molar-refractivity contribution in [3.63, 3.8) is 0 Å². The molecule has 3 nitrogen and oxygen atoms in total. The van der Waals surface area contributed by atoms with E-state index in [0.29, 0.717) is 5.57 Å². The van der Waals surface area contributed by atoms with Crippen molar-refractivity contribution in [2.45, 2.75) is 13.8 Å². The summed E-state index contributed by atoms with van der Waals surface area (Å²) in [6.45, 7) is 9.65. The maximum absolute atomic E-state index is 11.4. The Bertz CT molecular complexity index is 166. The monoisotopic (exact) mass is 170 g/mol. The van der Waals surface area contributed by atoms with Gasteiger partial charge in [-0.25, -0.2) is 0 Å². The third kappa shape index (κ3) is 3.53. The predicted molar refractivity (Wildman–Crippen MR) is 51.0 cm³/mol. The molecule has 0 atom stereocenters. The number of nitrogens with one attached hydrogen (secondary N) is 1. The molecule has 0 aliphatic heterocycles. The van der Waals surface area contributed by atoms with Gasteiger partial charge in [-0.3, -0.25) is 4.79 Å². The molecule has 0 aromatic rings. The molecule has 0 saturated heterocycles. The van der Waals surface area contributed by atoms with Gasteiger partial charge >= 0.3 is 0 Å². The summed E-state index contributed by atoms with van der Waals surface area (Å²) in [4.78, 5) is 13.2. The van der Waals surface area contributed by atoms with Crippen molar-refractivity contribution in [2.75, 3.05) is 26.7 Å². The molecular formula is C9H18N2O. The van der Waals surface area contributed by atoms with E-state index in [0.717, 1.165) is 19.6 Å². The summed E-state index contributed by atoms with van der Waals surface area (Å²) in [7, 11) is 1.87. The second-order valence-electron chi connectivity index (χ2n) is 2.77. The van der Waals surface area contributed by atoms with Gasteiger partial charge in [-0.1, -0.05) is 6.58 Å². The quantitative estimate of drug-likeness (QED) is 0.614. The van der Waals surface area contributed by atoms with Crippen LogP contribution in [-0.4, -0.2) is 37.5 Å². The molecule has 0 aromatic carbocycles. The Hall–Kier alpha value is -0.830. The fourth-order valence-corrected chi connectivity index (χ4v) is 0.920. The van der Waals surface area contributed by atoms with Crippen LogP contribution in [0.2, 0.25) is 0 Å².